The van der Waals surface area contributed by atoms with E-state index in [9.17, 15) is 9.18 Å². The van der Waals surface area contributed by atoms with Crippen molar-refractivity contribution >= 4 is 5.91 Å². The second-order valence-corrected chi connectivity index (χ2v) is 8.11. The Morgan fingerprint density at radius 1 is 1.06 bits per heavy atom. The van der Waals surface area contributed by atoms with Crippen molar-refractivity contribution in [3.8, 4) is 11.5 Å². The van der Waals surface area contributed by atoms with Crippen molar-refractivity contribution in [2.45, 2.75) is 38.9 Å². The minimum Gasteiger partial charge on any atom is -0.493 e. The van der Waals surface area contributed by atoms with Crippen LogP contribution >= 0.6 is 0 Å². The van der Waals surface area contributed by atoms with Crippen LogP contribution < -0.4 is 15.2 Å². The molecule has 31 heavy (non-hydrogen) atoms. The van der Waals surface area contributed by atoms with Gasteiger partial charge in [0.2, 0.25) is 0 Å². The molecule has 168 valence electrons. The third-order valence-electron chi connectivity index (χ3n) is 5.75. The van der Waals surface area contributed by atoms with E-state index in [1.807, 2.05) is 42.2 Å². The summed E-state index contributed by atoms with van der Waals surface area (Å²) < 4.78 is 24.4. The SMILES string of the molecule is COc1cc(CCN)ccc1OCC(=O)N1C[C@@H](C)N(Cc2ccc(F)cc2)C[C@@H]1C. The molecule has 0 radical (unpaired) electrons. The highest BCUT2D eigenvalue weighted by Gasteiger charge is 2.32. The predicted molar refractivity (Wildman–Crippen MR) is 119 cm³/mol. The van der Waals surface area contributed by atoms with Crippen molar-refractivity contribution in [3.63, 3.8) is 0 Å². The fraction of sp³-hybridized carbons (Fsp3) is 0.458. The molecule has 1 saturated heterocycles. The Morgan fingerprint density at radius 3 is 2.45 bits per heavy atom. The van der Waals surface area contributed by atoms with Crippen molar-refractivity contribution in [1.82, 2.24) is 9.80 Å². The summed E-state index contributed by atoms with van der Waals surface area (Å²) in [7, 11) is 1.58. The highest BCUT2D eigenvalue weighted by Crippen LogP contribution is 2.28. The van der Waals surface area contributed by atoms with E-state index in [0.717, 1.165) is 30.6 Å². The maximum absolute atomic E-state index is 13.2. The quantitative estimate of drug-likeness (QED) is 0.699. The Hall–Kier alpha value is -2.64. The molecule has 0 bridgehead atoms. The van der Waals surface area contributed by atoms with Crippen LogP contribution in [0.5, 0.6) is 11.5 Å². The lowest BCUT2D eigenvalue weighted by atomic mass is 10.1. The second-order valence-electron chi connectivity index (χ2n) is 8.11. The first kappa shape index (κ1) is 23.0. The molecule has 3 rings (SSSR count). The summed E-state index contributed by atoms with van der Waals surface area (Å²) >= 11 is 0. The Kier molecular flexibility index (Phi) is 7.87. The van der Waals surface area contributed by atoms with E-state index in [2.05, 4.69) is 11.8 Å². The van der Waals surface area contributed by atoms with E-state index in [-0.39, 0.29) is 30.4 Å². The number of hydrogen-bond donors (Lipinski definition) is 1. The van der Waals surface area contributed by atoms with Gasteiger partial charge in [-0.1, -0.05) is 18.2 Å². The summed E-state index contributed by atoms with van der Waals surface area (Å²) in [5, 5.41) is 0. The van der Waals surface area contributed by atoms with Gasteiger partial charge < -0.3 is 20.1 Å². The predicted octanol–water partition coefficient (Wildman–Crippen LogP) is 2.84. The second kappa shape index (κ2) is 10.6. The van der Waals surface area contributed by atoms with Crippen molar-refractivity contribution < 1.29 is 18.7 Å². The molecule has 0 aliphatic carbocycles. The molecule has 2 N–H and O–H groups in total. The van der Waals surface area contributed by atoms with E-state index < -0.39 is 0 Å². The largest absolute Gasteiger partial charge is 0.493 e. The molecule has 0 saturated carbocycles. The third-order valence-corrected chi connectivity index (χ3v) is 5.75. The summed E-state index contributed by atoms with van der Waals surface area (Å²) in [6.07, 6.45) is 0.757. The van der Waals surface area contributed by atoms with Crippen LogP contribution in [0.2, 0.25) is 0 Å². The Balaban J connectivity index is 1.57. The summed E-state index contributed by atoms with van der Waals surface area (Å²) in [6.45, 7) is 6.78. The van der Waals surface area contributed by atoms with Gasteiger partial charge in [0.25, 0.3) is 5.91 Å². The number of rotatable bonds is 8. The fourth-order valence-corrected chi connectivity index (χ4v) is 3.97. The normalized spacial score (nSPS) is 19.3. The number of carbonyl (C=O) groups excluding carboxylic acids is 1. The number of piperazine rings is 1. The molecule has 1 amide bonds. The molecule has 0 unspecified atom stereocenters. The first-order chi connectivity index (χ1) is 14.9. The van der Waals surface area contributed by atoms with Gasteiger partial charge in [0, 0.05) is 31.7 Å². The lowest BCUT2D eigenvalue weighted by Gasteiger charge is -2.44. The zero-order valence-electron chi connectivity index (χ0n) is 18.5. The molecular weight excluding hydrogens is 397 g/mol. The average Bonchev–Trinajstić information content (AvgIpc) is 2.76. The minimum absolute atomic E-state index is 0.0401. The van der Waals surface area contributed by atoms with Gasteiger partial charge in [-0.05, 0) is 62.2 Å². The van der Waals surface area contributed by atoms with Gasteiger partial charge in [0.05, 0.1) is 7.11 Å². The number of benzene rings is 2. The van der Waals surface area contributed by atoms with Gasteiger partial charge in [-0.25, -0.2) is 4.39 Å². The number of ether oxygens (including phenoxy) is 2. The summed E-state index contributed by atoms with van der Waals surface area (Å²) in [5.74, 6) is 0.872. The van der Waals surface area contributed by atoms with Crippen LogP contribution in [0.4, 0.5) is 4.39 Å². The maximum Gasteiger partial charge on any atom is 0.260 e. The van der Waals surface area contributed by atoms with E-state index in [4.69, 9.17) is 15.2 Å². The Morgan fingerprint density at radius 2 is 1.77 bits per heavy atom. The summed E-state index contributed by atoms with van der Waals surface area (Å²) in [5.41, 5.74) is 7.74. The number of methoxy groups -OCH3 is 1. The van der Waals surface area contributed by atoms with Gasteiger partial charge in [-0.15, -0.1) is 0 Å². The van der Waals surface area contributed by atoms with Crippen molar-refractivity contribution in [1.29, 1.82) is 0 Å². The monoisotopic (exact) mass is 429 g/mol. The molecule has 1 heterocycles. The van der Waals surface area contributed by atoms with E-state index in [1.54, 1.807) is 7.11 Å². The van der Waals surface area contributed by atoms with Crippen LogP contribution in [0, 0.1) is 5.82 Å². The molecule has 0 spiro atoms. The lowest BCUT2D eigenvalue weighted by molar-refractivity contribution is -0.139. The molecule has 2 aromatic rings. The summed E-state index contributed by atoms with van der Waals surface area (Å²) in [4.78, 5) is 17.1. The maximum atomic E-state index is 13.2. The molecule has 0 aromatic heterocycles. The first-order valence-electron chi connectivity index (χ1n) is 10.7. The Labute approximate surface area is 183 Å². The van der Waals surface area contributed by atoms with Crippen LogP contribution in [0.25, 0.3) is 0 Å². The molecular formula is C24H32FN3O3. The van der Waals surface area contributed by atoms with Gasteiger partial charge in [0.1, 0.15) is 5.82 Å². The molecule has 2 atom stereocenters. The number of nitrogens with zero attached hydrogens (tertiary/aromatic N) is 2. The molecule has 1 aliphatic heterocycles. The van der Waals surface area contributed by atoms with Crippen molar-refractivity contribution in [2.24, 2.45) is 5.73 Å². The first-order valence-corrected chi connectivity index (χ1v) is 10.7. The number of hydrogen-bond acceptors (Lipinski definition) is 5. The van der Waals surface area contributed by atoms with Gasteiger partial charge >= 0.3 is 0 Å². The van der Waals surface area contributed by atoms with Crippen molar-refractivity contribution in [3.05, 3.63) is 59.4 Å². The van der Waals surface area contributed by atoms with Crippen LogP contribution in [0.1, 0.15) is 25.0 Å². The highest BCUT2D eigenvalue weighted by atomic mass is 19.1. The van der Waals surface area contributed by atoms with E-state index in [1.165, 1.54) is 12.1 Å². The number of nitrogens with two attached hydrogens (primary N) is 1. The van der Waals surface area contributed by atoms with Crippen LogP contribution in [-0.4, -0.2) is 61.1 Å². The van der Waals surface area contributed by atoms with Crippen LogP contribution in [0.15, 0.2) is 42.5 Å². The van der Waals surface area contributed by atoms with Gasteiger partial charge in [-0.2, -0.15) is 0 Å². The summed E-state index contributed by atoms with van der Waals surface area (Å²) in [6, 6.07) is 12.5. The van der Waals surface area contributed by atoms with E-state index >= 15 is 0 Å². The third kappa shape index (κ3) is 5.95. The van der Waals surface area contributed by atoms with E-state index in [0.29, 0.717) is 24.6 Å². The standard InChI is InChI=1S/C24H32FN3O3/c1-17-14-28(18(2)13-27(17)15-20-4-7-21(25)8-5-20)24(29)16-31-22-9-6-19(10-11-26)12-23(22)30-3/h4-9,12,17-18H,10-11,13-16,26H2,1-3H3/t17-,18+/m1/s1. The number of halogens is 1. The number of carbonyl (C=O) groups is 1. The average molecular weight is 430 g/mol. The molecule has 7 heteroatoms. The zero-order chi connectivity index (χ0) is 22.4. The zero-order valence-corrected chi connectivity index (χ0v) is 18.5. The molecule has 1 aliphatic rings. The van der Waals surface area contributed by atoms with Crippen LogP contribution in [0.3, 0.4) is 0 Å². The Bertz CT molecular complexity index is 875. The molecule has 2 aromatic carbocycles. The lowest BCUT2D eigenvalue weighted by Crippen LogP contribution is -2.58. The van der Waals surface area contributed by atoms with Crippen molar-refractivity contribution in [2.75, 3.05) is 33.4 Å². The molecule has 1 fully saturated rings. The fourth-order valence-electron chi connectivity index (χ4n) is 3.97. The van der Waals surface area contributed by atoms with Gasteiger partial charge in [0.15, 0.2) is 18.1 Å². The van der Waals surface area contributed by atoms with Gasteiger partial charge in [-0.3, -0.25) is 9.69 Å². The smallest absolute Gasteiger partial charge is 0.260 e. The topological polar surface area (TPSA) is 68.0 Å². The minimum atomic E-state index is -0.230. The number of amides is 1. The highest BCUT2D eigenvalue weighted by molar-refractivity contribution is 5.78. The van der Waals surface area contributed by atoms with Crippen LogP contribution in [-0.2, 0) is 17.8 Å². The molecule has 6 nitrogen and oxygen atoms in total.